The molecule has 0 fully saturated rings. The Morgan fingerprint density at radius 1 is 1.21 bits per heavy atom. The lowest BCUT2D eigenvalue weighted by atomic mass is 10.0. The third-order valence-corrected chi connectivity index (χ3v) is 3.39. The number of aryl methyl sites for hydroxylation is 2. The molecule has 78 valence electrons. The van der Waals surface area contributed by atoms with Gasteiger partial charge in [-0.25, -0.2) is 0 Å². The second-order valence-electron chi connectivity index (χ2n) is 3.60. The first-order valence-corrected chi connectivity index (χ1v) is 6.70. The van der Waals surface area contributed by atoms with Crippen LogP contribution in [0.2, 0.25) is 0 Å². The van der Waals surface area contributed by atoms with Gasteiger partial charge in [-0.2, -0.15) is 0 Å². The first kappa shape index (κ1) is 11.6. The van der Waals surface area contributed by atoms with Crippen LogP contribution in [0.25, 0.3) is 0 Å². The van der Waals surface area contributed by atoms with Crippen LogP contribution in [0.15, 0.2) is 23.1 Å². The van der Waals surface area contributed by atoms with E-state index in [1.54, 1.807) is 5.56 Å². The van der Waals surface area contributed by atoms with Crippen molar-refractivity contribution in [3.8, 4) is 0 Å². The fraction of sp³-hybridized carbons (Fsp3) is 0.538. The van der Waals surface area contributed by atoms with E-state index < -0.39 is 0 Å². The summed E-state index contributed by atoms with van der Waals surface area (Å²) in [7, 11) is 0. The van der Waals surface area contributed by atoms with Crippen LogP contribution in [0.4, 0.5) is 0 Å². The summed E-state index contributed by atoms with van der Waals surface area (Å²) < 4.78 is 0. The van der Waals surface area contributed by atoms with Gasteiger partial charge >= 0.3 is 0 Å². The second-order valence-corrected chi connectivity index (χ2v) is 4.45. The highest BCUT2D eigenvalue weighted by Crippen LogP contribution is 2.23. The maximum Gasteiger partial charge on any atom is 0.0101 e. The fourth-order valence-electron chi connectivity index (χ4n) is 1.61. The Kier molecular flexibility index (Phi) is 5.10. The van der Waals surface area contributed by atoms with Crippen LogP contribution in [0.5, 0.6) is 0 Å². The highest BCUT2D eigenvalue weighted by molar-refractivity contribution is 7.98. The Hall–Kier alpha value is -0.430. The molecule has 0 aliphatic heterocycles. The van der Waals surface area contributed by atoms with Crippen molar-refractivity contribution in [2.24, 2.45) is 0 Å². The normalized spacial score (nSPS) is 10.5. The van der Waals surface area contributed by atoms with E-state index in [1.807, 2.05) is 11.8 Å². The van der Waals surface area contributed by atoms with Crippen molar-refractivity contribution < 1.29 is 0 Å². The minimum atomic E-state index is 1.15. The zero-order chi connectivity index (χ0) is 10.4. The van der Waals surface area contributed by atoms with Gasteiger partial charge in [-0.1, -0.05) is 32.4 Å². The first-order valence-electron chi connectivity index (χ1n) is 5.47. The van der Waals surface area contributed by atoms with Crippen LogP contribution in [0.3, 0.4) is 0 Å². The summed E-state index contributed by atoms with van der Waals surface area (Å²) in [5, 5.41) is 0. The molecule has 1 rings (SSSR count). The molecule has 0 N–H and O–H groups in total. The molecule has 0 amide bonds. The van der Waals surface area contributed by atoms with E-state index >= 15 is 0 Å². The molecule has 0 aliphatic carbocycles. The van der Waals surface area contributed by atoms with Crippen LogP contribution in [0.1, 0.15) is 37.8 Å². The number of benzene rings is 1. The van der Waals surface area contributed by atoms with E-state index in [0.717, 1.165) is 6.42 Å². The molecule has 0 aromatic heterocycles. The molecule has 1 aromatic carbocycles. The van der Waals surface area contributed by atoms with Gasteiger partial charge in [-0.05, 0) is 42.7 Å². The van der Waals surface area contributed by atoms with Gasteiger partial charge in [-0.3, -0.25) is 0 Å². The molecular formula is C13H20S. The van der Waals surface area contributed by atoms with Gasteiger partial charge in [0.1, 0.15) is 0 Å². The summed E-state index contributed by atoms with van der Waals surface area (Å²) >= 11 is 1.87. The number of thioether (sulfide) groups is 1. The molecule has 0 aliphatic rings. The van der Waals surface area contributed by atoms with Crippen molar-refractivity contribution >= 4 is 11.8 Å². The van der Waals surface area contributed by atoms with Crippen LogP contribution >= 0.6 is 11.8 Å². The Labute approximate surface area is 92.1 Å². The topological polar surface area (TPSA) is 0 Å². The molecule has 1 heteroatoms. The molecule has 0 saturated heterocycles. The van der Waals surface area contributed by atoms with Crippen molar-refractivity contribution in [2.75, 3.05) is 6.26 Å². The van der Waals surface area contributed by atoms with Crippen LogP contribution < -0.4 is 0 Å². The zero-order valence-electron chi connectivity index (χ0n) is 9.47. The standard InChI is InChI=1S/C13H20S/c1-4-6-7-12-10-11(5-2)8-9-13(12)14-3/h8-10H,4-7H2,1-3H3. The molecule has 0 saturated carbocycles. The van der Waals surface area contributed by atoms with E-state index in [1.165, 1.54) is 29.7 Å². The smallest absolute Gasteiger partial charge is 0.0101 e. The van der Waals surface area contributed by atoms with Crippen molar-refractivity contribution in [3.63, 3.8) is 0 Å². The lowest BCUT2D eigenvalue weighted by Crippen LogP contribution is -1.91. The SMILES string of the molecule is CCCCc1cc(CC)ccc1SC. The quantitative estimate of drug-likeness (QED) is 0.650. The largest absolute Gasteiger partial charge is 0.129 e. The third-order valence-electron chi connectivity index (χ3n) is 2.55. The minimum Gasteiger partial charge on any atom is -0.129 e. The average Bonchev–Trinajstić information content (AvgIpc) is 2.25. The molecule has 1 aromatic rings. The van der Waals surface area contributed by atoms with Gasteiger partial charge < -0.3 is 0 Å². The van der Waals surface area contributed by atoms with Crippen LogP contribution in [0, 0.1) is 0 Å². The number of hydrogen-bond acceptors (Lipinski definition) is 1. The second kappa shape index (κ2) is 6.13. The Bertz CT molecular complexity index is 279. The molecule has 0 nitrogen and oxygen atoms in total. The van der Waals surface area contributed by atoms with Gasteiger partial charge in [0, 0.05) is 4.90 Å². The van der Waals surface area contributed by atoms with Gasteiger partial charge in [0.15, 0.2) is 0 Å². The fourth-order valence-corrected chi connectivity index (χ4v) is 2.24. The third kappa shape index (κ3) is 3.06. The van der Waals surface area contributed by atoms with E-state index in [-0.39, 0.29) is 0 Å². The molecular weight excluding hydrogens is 188 g/mol. The molecule has 0 radical (unpaired) electrons. The van der Waals surface area contributed by atoms with Crippen LogP contribution in [-0.4, -0.2) is 6.26 Å². The summed E-state index contributed by atoms with van der Waals surface area (Å²) in [5.74, 6) is 0. The first-order chi connectivity index (χ1) is 6.81. The Morgan fingerprint density at radius 3 is 2.57 bits per heavy atom. The van der Waals surface area contributed by atoms with Gasteiger partial charge in [0.2, 0.25) is 0 Å². The van der Waals surface area contributed by atoms with E-state index in [4.69, 9.17) is 0 Å². The summed E-state index contributed by atoms with van der Waals surface area (Å²) in [6.45, 7) is 4.47. The number of rotatable bonds is 5. The van der Waals surface area contributed by atoms with E-state index in [0.29, 0.717) is 0 Å². The van der Waals surface area contributed by atoms with Crippen molar-refractivity contribution in [3.05, 3.63) is 29.3 Å². The zero-order valence-corrected chi connectivity index (χ0v) is 10.3. The van der Waals surface area contributed by atoms with Crippen molar-refractivity contribution in [1.29, 1.82) is 0 Å². The van der Waals surface area contributed by atoms with E-state index in [9.17, 15) is 0 Å². The predicted octanol–water partition coefficient (Wildman–Crippen LogP) is 4.31. The highest BCUT2D eigenvalue weighted by Gasteiger charge is 2.01. The molecule has 14 heavy (non-hydrogen) atoms. The highest BCUT2D eigenvalue weighted by atomic mass is 32.2. The molecule has 0 heterocycles. The van der Waals surface area contributed by atoms with E-state index in [2.05, 4.69) is 38.3 Å². The van der Waals surface area contributed by atoms with Gasteiger partial charge in [-0.15, -0.1) is 11.8 Å². The summed E-state index contributed by atoms with van der Waals surface area (Å²) in [5.41, 5.74) is 3.01. The number of unbranched alkanes of at least 4 members (excludes halogenated alkanes) is 1. The number of hydrogen-bond donors (Lipinski definition) is 0. The van der Waals surface area contributed by atoms with Gasteiger partial charge in [0.25, 0.3) is 0 Å². The Balaban J connectivity index is 2.84. The average molecular weight is 208 g/mol. The molecule has 0 spiro atoms. The van der Waals surface area contributed by atoms with Gasteiger partial charge in [0.05, 0.1) is 0 Å². The summed E-state index contributed by atoms with van der Waals surface area (Å²) in [4.78, 5) is 1.45. The maximum absolute atomic E-state index is 2.38. The lowest BCUT2D eigenvalue weighted by molar-refractivity contribution is 0.783. The van der Waals surface area contributed by atoms with Crippen LogP contribution in [-0.2, 0) is 12.8 Å². The molecule has 0 atom stereocenters. The predicted molar refractivity (Wildman–Crippen MR) is 66.2 cm³/mol. The minimum absolute atomic E-state index is 1.15. The summed E-state index contributed by atoms with van der Waals surface area (Å²) in [6.07, 6.45) is 7.13. The molecule has 0 unspecified atom stereocenters. The lowest BCUT2D eigenvalue weighted by Gasteiger charge is -2.08. The summed E-state index contributed by atoms with van der Waals surface area (Å²) in [6, 6.07) is 6.90. The Morgan fingerprint density at radius 2 is 2.00 bits per heavy atom. The monoisotopic (exact) mass is 208 g/mol. The van der Waals surface area contributed by atoms with Crippen molar-refractivity contribution in [1.82, 2.24) is 0 Å². The van der Waals surface area contributed by atoms with Crippen molar-refractivity contribution in [2.45, 2.75) is 44.4 Å². The molecule has 0 bridgehead atoms. The maximum atomic E-state index is 2.38.